The van der Waals surface area contributed by atoms with Crippen molar-refractivity contribution in [1.82, 2.24) is 9.62 Å². The van der Waals surface area contributed by atoms with E-state index in [4.69, 9.17) is 0 Å². The molecule has 0 aliphatic rings. The second-order valence-electron chi connectivity index (χ2n) is 3.54. The van der Waals surface area contributed by atoms with Crippen LogP contribution in [0.1, 0.15) is 20.3 Å². The molecule has 0 rings (SSSR count). The lowest BCUT2D eigenvalue weighted by molar-refractivity contribution is -0.116. The van der Waals surface area contributed by atoms with E-state index in [9.17, 15) is 13.2 Å². The first kappa shape index (κ1) is 14.5. The highest BCUT2D eigenvalue weighted by atomic mass is 32.2. The quantitative estimate of drug-likeness (QED) is 0.595. The van der Waals surface area contributed by atoms with Gasteiger partial charge in [-0.3, -0.25) is 4.79 Å². The van der Waals surface area contributed by atoms with E-state index in [0.717, 1.165) is 6.42 Å². The molecule has 5 nitrogen and oxygen atoms in total. The van der Waals surface area contributed by atoms with Gasteiger partial charge in [-0.2, -0.15) is 0 Å². The summed E-state index contributed by atoms with van der Waals surface area (Å²) in [7, 11) is -3.12. The smallest absolute Gasteiger partial charge is 0.211 e. The Kier molecular flexibility index (Phi) is 6.71. The largest absolute Gasteiger partial charge is 0.309 e. The van der Waals surface area contributed by atoms with Crippen LogP contribution in [0.2, 0.25) is 0 Å². The number of hydrogen-bond acceptors (Lipinski definition) is 4. The molecule has 0 aliphatic heterocycles. The first-order valence-electron chi connectivity index (χ1n) is 5.03. The standard InChI is InChI=1S/C9H20N2O3S/c1-4-6-11(15(3,13)14)7-5-10-8-9(2)12/h10H,4-8H2,1-3H3. The Balaban J connectivity index is 3.93. The first-order chi connectivity index (χ1) is 6.88. The van der Waals surface area contributed by atoms with Gasteiger partial charge in [0.25, 0.3) is 0 Å². The molecular weight excluding hydrogens is 216 g/mol. The third kappa shape index (κ3) is 7.47. The van der Waals surface area contributed by atoms with Gasteiger partial charge in [0, 0.05) is 19.6 Å². The van der Waals surface area contributed by atoms with E-state index in [1.165, 1.54) is 17.5 Å². The molecule has 0 radical (unpaired) electrons. The number of ketones is 1. The molecule has 0 amide bonds. The lowest BCUT2D eigenvalue weighted by Crippen LogP contribution is -2.37. The van der Waals surface area contributed by atoms with Crippen molar-refractivity contribution in [2.45, 2.75) is 20.3 Å². The molecule has 6 heteroatoms. The van der Waals surface area contributed by atoms with Crippen molar-refractivity contribution in [1.29, 1.82) is 0 Å². The molecule has 1 N–H and O–H groups in total. The van der Waals surface area contributed by atoms with Gasteiger partial charge in [-0.1, -0.05) is 6.92 Å². The minimum atomic E-state index is -3.12. The van der Waals surface area contributed by atoms with Crippen molar-refractivity contribution in [2.75, 3.05) is 32.4 Å². The molecule has 0 saturated carbocycles. The van der Waals surface area contributed by atoms with Crippen LogP contribution in [0, 0.1) is 0 Å². The van der Waals surface area contributed by atoms with Gasteiger partial charge in [-0.05, 0) is 13.3 Å². The number of rotatable bonds is 8. The summed E-state index contributed by atoms with van der Waals surface area (Å²) < 4.78 is 24.0. The van der Waals surface area contributed by atoms with E-state index in [0.29, 0.717) is 26.2 Å². The fraction of sp³-hybridized carbons (Fsp3) is 0.889. The Morgan fingerprint density at radius 2 is 1.93 bits per heavy atom. The Morgan fingerprint density at radius 1 is 1.33 bits per heavy atom. The molecule has 0 aliphatic carbocycles. The summed E-state index contributed by atoms with van der Waals surface area (Å²) in [6, 6.07) is 0. The highest BCUT2D eigenvalue weighted by Gasteiger charge is 2.14. The topological polar surface area (TPSA) is 66.5 Å². The molecule has 0 bridgehead atoms. The van der Waals surface area contributed by atoms with Crippen LogP contribution < -0.4 is 5.32 Å². The number of nitrogens with zero attached hydrogens (tertiary/aromatic N) is 1. The van der Waals surface area contributed by atoms with Gasteiger partial charge in [-0.15, -0.1) is 0 Å². The molecule has 0 heterocycles. The Morgan fingerprint density at radius 3 is 2.33 bits per heavy atom. The highest BCUT2D eigenvalue weighted by Crippen LogP contribution is 1.97. The summed E-state index contributed by atoms with van der Waals surface area (Å²) in [6.45, 7) is 5.17. The van der Waals surface area contributed by atoms with Crippen LogP contribution in [0.25, 0.3) is 0 Å². The number of carbonyl (C=O) groups is 1. The molecule has 0 unspecified atom stereocenters. The Labute approximate surface area is 91.9 Å². The lowest BCUT2D eigenvalue weighted by atomic mass is 10.4. The predicted molar refractivity (Wildman–Crippen MR) is 60.3 cm³/mol. The van der Waals surface area contributed by atoms with E-state index in [1.54, 1.807) is 0 Å². The zero-order chi connectivity index (χ0) is 11.9. The average Bonchev–Trinajstić information content (AvgIpc) is 2.08. The number of carbonyl (C=O) groups excluding carboxylic acids is 1. The molecular formula is C9H20N2O3S. The fourth-order valence-corrected chi connectivity index (χ4v) is 2.10. The lowest BCUT2D eigenvalue weighted by Gasteiger charge is -2.18. The average molecular weight is 236 g/mol. The second kappa shape index (κ2) is 6.92. The van der Waals surface area contributed by atoms with Crippen LogP contribution >= 0.6 is 0 Å². The SMILES string of the molecule is CCCN(CCNCC(C)=O)S(C)(=O)=O. The van der Waals surface area contributed by atoms with Crippen molar-refractivity contribution >= 4 is 15.8 Å². The summed E-state index contributed by atoms with van der Waals surface area (Å²) >= 11 is 0. The normalized spacial score (nSPS) is 12.0. The molecule has 0 fully saturated rings. The van der Waals surface area contributed by atoms with Crippen LogP contribution in [-0.4, -0.2) is 50.9 Å². The zero-order valence-corrected chi connectivity index (χ0v) is 10.4. The van der Waals surface area contributed by atoms with Crippen LogP contribution in [0.5, 0.6) is 0 Å². The minimum absolute atomic E-state index is 0.0522. The van der Waals surface area contributed by atoms with Gasteiger partial charge in [0.1, 0.15) is 5.78 Å². The fourth-order valence-electron chi connectivity index (χ4n) is 1.16. The second-order valence-corrected chi connectivity index (χ2v) is 5.52. The minimum Gasteiger partial charge on any atom is -0.309 e. The van der Waals surface area contributed by atoms with Crippen molar-refractivity contribution in [3.05, 3.63) is 0 Å². The van der Waals surface area contributed by atoms with Crippen molar-refractivity contribution in [3.63, 3.8) is 0 Å². The van der Waals surface area contributed by atoms with E-state index in [-0.39, 0.29) is 5.78 Å². The van der Waals surface area contributed by atoms with Gasteiger partial charge in [0.15, 0.2) is 0 Å². The van der Waals surface area contributed by atoms with Gasteiger partial charge < -0.3 is 5.32 Å². The molecule has 0 aromatic carbocycles. The molecule has 0 aromatic heterocycles. The number of nitrogens with one attached hydrogen (secondary N) is 1. The summed E-state index contributed by atoms with van der Waals surface area (Å²) in [6.07, 6.45) is 1.99. The molecule has 0 aromatic rings. The highest BCUT2D eigenvalue weighted by molar-refractivity contribution is 7.88. The summed E-state index contributed by atoms with van der Waals surface area (Å²) in [5.74, 6) is 0.0522. The number of hydrogen-bond donors (Lipinski definition) is 1. The number of sulfonamides is 1. The van der Waals surface area contributed by atoms with Crippen molar-refractivity contribution < 1.29 is 13.2 Å². The molecule has 0 atom stereocenters. The Hall–Kier alpha value is -0.460. The van der Waals surface area contributed by atoms with Crippen molar-refractivity contribution in [3.8, 4) is 0 Å². The molecule has 0 spiro atoms. The third-order valence-corrected chi connectivity index (χ3v) is 3.16. The van der Waals surface area contributed by atoms with Crippen LogP contribution in [-0.2, 0) is 14.8 Å². The van der Waals surface area contributed by atoms with E-state index < -0.39 is 10.0 Å². The van der Waals surface area contributed by atoms with Crippen LogP contribution in [0.15, 0.2) is 0 Å². The van der Waals surface area contributed by atoms with E-state index in [1.807, 2.05) is 6.92 Å². The van der Waals surface area contributed by atoms with Crippen LogP contribution in [0.3, 0.4) is 0 Å². The number of Topliss-reactive ketones (excluding diaryl/α,β-unsaturated/α-hetero) is 1. The van der Waals surface area contributed by atoms with Gasteiger partial charge >= 0.3 is 0 Å². The summed E-state index contributed by atoms with van der Waals surface area (Å²) in [4.78, 5) is 10.6. The molecule has 0 saturated heterocycles. The predicted octanol–water partition coefficient (Wildman–Crippen LogP) is -0.163. The van der Waals surface area contributed by atoms with Gasteiger partial charge in [0.05, 0.1) is 12.8 Å². The first-order valence-corrected chi connectivity index (χ1v) is 6.88. The molecule has 15 heavy (non-hydrogen) atoms. The van der Waals surface area contributed by atoms with E-state index >= 15 is 0 Å². The maximum absolute atomic E-state index is 11.3. The van der Waals surface area contributed by atoms with Gasteiger partial charge in [0.2, 0.25) is 10.0 Å². The van der Waals surface area contributed by atoms with Crippen molar-refractivity contribution in [2.24, 2.45) is 0 Å². The van der Waals surface area contributed by atoms with Gasteiger partial charge in [-0.25, -0.2) is 12.7 Å². The maximum atomic E-state index is 11.3. The van der Waals surface area contributed by atoms with Crippen LogP contribution in [0.4, 0.5) is 0 Å². The molecule has 90 valence electrons. The van der Waals surface area contributed by atoms with E-state index in [2.05, 4.69) is 5.32 Å². The monoisotopic (exact) mass is 236 g/mol. The zero-order valence-electron chi connectivity index (χ0n) is 9.62. The summed E-state index contributed by atoms with van der Waals surface area (Å²) in [5.41, 5.74) is 0. The third-order valence-electron chi connectivity index (χ3n) is 1.85. The Bertz CT molecular complexity index is 288. The maximum Gasteiger partial charge on any atom is 0.211 e. The summed E-state index contributed by atoms with van der Waals surface area (Å²) in [5, 5.41) is 2.89.